The summed E-state index contributed by atoms with van der Waals surface area (Å²) in [6.07, 6.45) is 9.43. The Hall–Kier alpha value is -5.80. The van der Waals surface area contributed by atoms with Crippen molar-refractivity contribution in [3.63, 3.8) is 0 Å². The van der Waals surface area contributed by atoms with Crippen LogP contribution < -0.4 is 11.7 Å². The van der Waals surface area contributed by atoms with Crippen molar-refractivity contribution in [1.29, 1.82) is 0 Å². The van der Waals surface area contributed by atoms with Gasteiger partial charge in [-0.1, -0.05) is 79.4 Å². The number of hydrazone groups is 2. The highest BCUT2D eigenvalue weighted by molar-refractivity contribution is 6.32. The molecule has 0 amide bonds. The molecule has 14 nitrogen and oxygen atoms in total. The van der Waals surface area contributed by atoms with Crippen molar-refractivity contribution in [2.45, 2.75) is 19.6 Å². The topological polar surface area (TPSA) is 230 Å². The molecule has 3 rings (SSSR count). The Morgan fingerprint density at radius 2 is 1.32 bits per heavy atom. The van der Waals surface area contributed by atoms with Gasteiger partial charge >= 0.3 is 0 Å². The molecule has 0 unspecified atom stereocenters. The predicted molar refractivity (Wildman–Crippen MR) is 202 cm³/mol. The molecule has 2 aromatic carbocycles. The van der Waals surface area contributed by atoms with Crippen molar-refractivity contribution in [1.82, 2.24) is 14.8 Å². The van der Waals surface area contributed by atoms with E-state index in [-0.39, 0.29) is 16.6 Å². The number of hydrogen-bond donors (Lipinski definition) is 2. The van der Waals surface area contributed by atoms with E-state index in [1.165, 1.54) is 12.2 Å². The number of aldehydes is 2. The van der Waals surface area contributed by atoms with Crippen LogP contribution in [0.1, 0.15) is 27.3 Å². The summed E-state index contributed by atoms with van der Waals surface area (Å²) >= 11 is 0. The third-order valence-electron chi connectivity index (χ3n) is 6.87. The summed E-state index contributed by atoms with van der Waals surface area (Å²) in [5.74, 6) is 11.6. The zero-order valence-electron chi connectivity index (χ0n) is 28.0. The largest absolute Gasteiger partial charge is 0.412 e. The van der Waals surface area contributed by atoms with Gasteiger partial charge in [-0.2, -0.15) is 10.2 Å². The minimum atomic E-state index is 0. The first-order chi connectivity index (χ1) is 23.6. The maximum Gasteiger partial charge on any atom is 0.168 e. The van der Waals surface area contributed by atoms with Gasteiger partial charge in [0, 0.05) is 57.9 Å². The Labute approximate surface area is 292 Å². The summed E-state index contributed by atoms with van der Waals surface area (Å²) in [6.45, 7) is 7.23. The molecule has 0 atom stereocenters. The number of nitrogens with two attached hydrogens (primary N) is 2. The minimum Gasteiger partial charge on any atom is -0.412 e. The zero-order valence-corrected chi connectivity index (χ0v) is 28.0. The van der Waals surface area contributed by atoms with Crippen LogP contribution in [0.2, 0.25) is 0 Å². The maximum absolute atomic E-state index is 11.4. The number of allylic oxidation sites excluding steroid dienone is 3. The van der Waals surface area contributed by atoms with Gasteiger partial charge < -0.3 is 22.6 Å². The molecular formula is C36H46N10O4. The summed E-state index contributed by atoms with van der Waals surface area (Å²) in [7, 11) is 0. The lowest BCUT2D eigenvalue weighted by Gasteiger charge is -2.26. The molecule has 0 aliphatic rings. The fourth-order valence-corrected chi connectivity index (χ4v) is 4.48. The molecule has 14 heteroatoms. The minimum absolute atomic E-state index is 0. The van der Waals surface area contributed by atoms with Gasteiger partial charge in [0.15, 0.2) is 12.6 Å². The second-order valence-electron chi connectivity index (χ2n) is 10.5. The molecule has 50 heavy (non-hydrogen) atoms. The monoisotopic (exact) mass is 682 g/mol. The van der Waals surface area contributed by atoms with Crippen LogP contribution in [0.25, 0.3) is 0 Å². The summed E-state index contributed by atoms with van der Waals surface area (Å²) in [5, 5.41) is 7.96. The lowest BCUT2D eigenvalue weighted by Crippen LogP contribution is -2.41. The molecule has 0 aliphatic heterocycles. The molecule has 0 bridgehead atoms. The average molecular weight is 683 g/mol. The summed E-state index contributed by atoms with van der Waals surface area (Å²) < 4.78 is 0. The van der Waals surface area contributed by atoms with Gasteiger partial charge in [0.2, 0.25) is 0 Å². The number of aliphatic imine (C=N–C) groups is 3. The number of rotatable bonds is 21. The highest BCUT2D eigenvalue weighted by Gasteiger charge is 2.14. The first kappa shape index (κ1) is 42.2. The summed E-state index contributed by atoms with van der Waals surface area (Å²) in [5.41, 5.74) is 4.60. The van der Waals surface area contributed by atoms with E-state index in [9.17, 15) is 9.59 Å². The van der Waals surface area contributed by atoms with Gasteiger partial charge in [-0.25, -0.2) is 4.98 Å². The van der Waals surface area contributed by atoms with Gasteiger partial charge in [-0.15, -0.1) is 0 Å². The number of carbonyl (C=O) groups is 2. The van der Waals surface area contributed by atoms with Crippen LogP contribution in [-0.2, 0) is 24.4 Å². The fraction of sp³-hybridized carbons (Fsp3) is 0.222. The molecule has 0 fully saturated rings. The highest BCUT2D eigenvalue weighted by Crippen LogP contribution is 2.06. The number of pyridine rings is 1. The number of aromatic nitrogens is 1. The molecule has 0 aliphatic carbocycles. The first-order valence-electron chi connectivity index (χ1n) is 15.3. The SMILES string of the molecule is C=C/C=C(/C=O)N=CCN(CCN(CC(C=NCc1ccccc1)=NN)Cc1cccc(C=O)n1)CC(C=NCc1ccccc1)=NN.O.O. The van der Waals surface area contributed by atoms with Crippen molar-refractivity contribution in [3.8, 4) is 0 Å². The Balaban J connectivity index is 0.00000625. The van der Waals surface area contributed by atoms with Crippen LogP contribution in [0.4, 0.5) is 0 Å². The van der Waals surface area contributed by atoms with E-state index in [0.29, 0.717) is 81.5 Å². The Bertz CT molecular complexity index is 1620. The van der Waals surface area contributed by atoms with Crippen LogP contribution in [0.3, 0.4) is 0 Å². The Morgan fingerprint density at radius 1 is 0.760 bits per heavy atom. The van der Waals surface area contributed by atoms with E-state index in [1.54, 1.807) is 30.8 Å². The normalized spacial score (nSPS) is 12.4. The molecule has 264 valence electrons. The number of hydrogen-bond acceptors (Lipinski definition) is 12. The number of carbonyl (C=O) groups excluding carboxylic acids is 2. The van der Waals surface area contributed by atoms with Crippen molar-refractivity contribution >= 4 is 42.6 Å². The third kappa shape index (κ3) is 16.3. The lowest BCUT2D eigenvalue weighted by atomic mass is 10.2. The van der Waals surface area contributed by atoms with Crippen LogP contribution in [0.15, 0.2) is 128 Å². The van der Waals surface area contributed by atoms with E-state index in [4.69, 9.17) is 11.7 Å². The number of nitrogens with zero attached hydrogens (tertiary/aromatic N) is 8. The highest BCUT2D eigenvalue weighted by atomic mass is 16.1. The summed E-state index contributed by atoms with van der Waals surface area (Å²) in [4.78, 5) is 44.8. The van der Waals surface area contributed by atoms with Crippen molar-refractivity contribution < 1.29 is 20.5 Å². The average Bonchev–Trinajstić information content (AvgIpc) is 3.13. The molecule has 0 saturated heterocycles. The Kier molecular flexibility index (Phi) is 21.3. The standard InChI is InChI=1S/C36H42N10O2.2H2O/c1-2-10-33(28-47)41-17-18-45(26-35(43-37)23-39-21-30-11-5-3-6-12-30)19-20-46(25-32-15-9-16-34(29-48)42-32)27-36(44-38)24-40-22-31-13-7-4-8-14-31;;/h2-17,23-24,28-29H,1,18-22,25-27,37-38H2;2*1H2/b33-10-,39-23?,40-24?,41-17?,43-35?,44-36?;;. The smallest absolute Gasteiger partial charge is 0.168 e. The molecule has 0 saturated carbocycles. The second kappa shape index (κ2) is 25.2. The van der Waals surface area contributed by atoms with Crippen molar-refractivity contribution in [2.24, 2.45) is 36.9 Å². The van der Waals surface area contributed by atoms with E-state index in [1.807, 2.05) is 66.7 Å². The molecule has 0 radical (unpaired) electrons. The van der Waals surface area contributed by atoms with Gasteiger partial charge in [0.25, 0.3) is 0 Å². The molecule has 8 N–H and O–H groups in total. The van der Waals surface area contributed by atoms with E-state index >= 15 is 0 Å². The third-order valence-corrected chi connectivity index (χ3v) is 6.87. The fourth-order valence-electron chi connectivity index (χ4n) is 4.48. The van der Waals surface area contributed by atoms with Crippen LogP contribution in [0, 0.1) is 0 Å². The first-order valence-corrected chi connectivity index (χ1v) is 15.3. The van der Waals surface area contributed by atoms with Gasteiger partial charge in [-0.05, 0) is 29.3 Å². The molecule has 3 aromatic rings. The number of benzene rings is 2. The van der Waals surface area contributed by atoms with Crippen molar-refractivity contribution in [3.05, 3.63) is 126 Å². The Morgan fingerprint density at radius 3 is 1.84 bits per heavy atom. The van der Waals surface area contributed by atoms with Crippen LogP contribution in [-0.4, -0.2) is 101 Å². The maximum atomic E-state index is 11.4. The van der Waals surface area contributed by atoms with Gasteiger partial charge in [0.1, 0.15) is 11.4 Å². The molecule has 1 aromatic heterocycles. The predicted octanol–water partition coefficient (Wildman–Crippen LogP) is 1.86. The lowest BCUT2D eigenvalue weighted by molar-refractivity contribution is -0.104. The molecule has 0 spiro atoms. The molecule has 1 heterocycles. The van der Waals surface area contributed by atoms with Crippen LogP contribution in [0.5, 0.6) is 0 Å². The van der Waals surface area contributed by atoms with Crippen LogP contribution >= 0.6 is 0 Å². The van der Waals surface area contributed by atoms with E-state index < -0.39 is 0 Å². The molecular weight excluding hydrogens is 636 g/mol. The van der Waals surface area contributed by atoms with E-state index in [2.05, 4.69) is 46.5 Å². The van der Waals surface area contributed by atoms with Gasteiger partial charge in [-0.3, -0.25) is 34.4 Å². The second-order valence-corrected chi connectivity index (χ2v) is 10.5. The van der Waals surface area contributed by atoms with Crippen molar-refractivity contribution in [2.75, 3.05) is 32.7 Å². The van der Waals surface area contributed by atoms with E-state index in [0.717, 1.165) is 17.4 Å². The van der Waals surface area contributed by atoms with Gasteiger partial charge in [0.05, 0.1) is 30.2 Å². The summed E-state index contributed by atoms with van der Waals surface area (Å²) in [6, 6.07) is 25.1. The zero-order chi connectivity index (χ0) is 34.2. The quantitative estimate of drug-likeness (QED) is 0.0422.